The van der Waals surface area contributed by atoms with Gasteiger partial charge in [-0.05, 0) is 53.9 Å². The number of hydrogen-bond donors (Lipinski definition) is 2. The quantitative estimate of drug-likeness (QED) is 0.611. The third-order valence-corrected chi connectivity index (χ3v) is 5.09. The first-order chi connectivity index (χ1) is 10.0. The zero-order valence-corrected chi connectivity index (χ0v) is 14.8. The summed E-state index contributed by atoms with van der Waals surface area (Å²) in [5.74, 6) is 0.338. The van der Waals surface area contributed by atoms with Crippen LogP contribution in [0.4, 0.5) is 0 Å². The summed E-state index contributed by atoms with van der Waals surface area (Å²) in [4.78, 5) is 16.4. The first kappa shape index (κ1) is 18.4. The second-order valence-electron chi connectivity index (χ2n) is 6.75. The van der Waals surface area contributed by atoms with Crippen LogP contribution in [-0.2, 0) is 4.79 Å². The van der Waals surface area contributed by atoms with E-state index in [4.69, 9.17) is 0 Å². The molecular formula is C17H37N3O+2. The molecule has 0 spiro atoms. The van der Waals surface area contributed by atoms with Gasteiger partial charge in [0.15, 0.2) is 6.04 Å². The Kier molecular flexibility index (Phi) is 8.27. The van der Waals surface area contributed by atoms with Gasteiger partial charge in [0.1, 0.15) is 0 Å². The second kappa shape index (κ2) is 9.42. The lowest BCUT2D eigenvalue weighted by Gasteiger charge is -2.39. The van der Waals surface area contributed by atoms with E-state index >= 15 is 0 Å². The van der Waals surface area contributed by atoms with Gasteiger partial charge in [0.25, 0.3) is 5.91 Å². The average Bonchev–Trinajstić information content (AvgIpc) is 2.46. The lowest BCUT2D eigenvalue weighted by molar-refractivity contribution is -0.898. The number of nitrogens with one attached hydrogen (secondary N) is 1. The van der Waals surface area contributed by atoms with Gasteiger partial charge in [-0.25, -0.2) is 0 Å². The highest BCUT2D eigenvalue weighted by atomic mass is 16.2. The van der Waals surface area contributed by atoms with Crippen molar-refractivity contribution in [1.82, 2.24) is 4.90 Å². The second-order valence-corrected chi connectivity index (χ2v) is 6.75. The molecule has 4 nitrogen and oxygen atoms in total. The SMILES string of the molecule is CC[NH+](CC)CCC[NH2+][C@H](C)C(=O)N1[C@H](C)CCC[C@@H]1C. The normalized spacial score (nSPS) is 24.4. The number of likely N-dealkylation sites (tertiary alicyclic amines) is 1. The number of piperidine rings is 1. The average molecular weight is 300 g/mol. The van der Waals surface area contributed by atoms with E-state index in [1.54, 1.807) is 4.90 Å². The maximum absolute atomic E-state index is 12.6. The van der Waals surface area contributed by atoms with Crippen LogP contribution in [0.5, 0.6) is 0 Å². The Morgan fingerprint density at radius 3 is 2.33 bits per heavy atom. The molecule has 124 valence electrons. The summed E-state index contributed by atoms with van der Waals surface area (Å²) in [7, 11) is 0. The van der Waals surface area contributed by atoms with E-state index < -0.39 is 0 Å². The highest BCUT2D eigenvalue weighted by Gasteiger charge is 2.32. The molecule has 21 heavy (non-hydrogen) atoms. The van der Waals surface area contributed by atoms with E-state index in [-0.39, 0.29) is 6.04 Å². The zero-order chi connectivity index (χ0) is 15.8. The predicted molar refractivity (Wildman–Crippen MR) is 87.4 cm³/mol. The largest absolute Gasteiger partial charge is 0.336 e. The molecule has 1 aliphatic rings. The van der Waals surface area contributed by atoms with Gasteiger partial charge in [0, 0.05) is 18.5 Å². The molecule has 3 N–H and O–H groups in total. The van der Waals surface area contributed by atoms with E-state index in [1.165, 1.54) is 32.5 Å². The Labute approximate surface area is 131 Å². The number of carbonyl (C=O) groups excluding carboxylic acids is 1. The van der Waals surface area contributed by atoms with Crippen LogP contribution in [0, 0.1) is 0 Å². The lowest BCUT2D eigenvalue weighted by atomic mass is 9.96. The molecule has 1 rings (SSSR count). The number of quaternary nitrogens is 2. The third-order valence-electron chi connectivity index (χ3n) is 5.09. The lowest BCUT2D eigenvalue weighted by Crippen LogP contribution is -3.11. The summed E-state index contributed by atoms with van der Waals surface area (Å²) < 4.78 is 0. The van der Waals surface area contributed by atoms with Crippen LogP contribution in [0.25, 0.3) is 0 Å². The molecular weight excluding hydrogens is 262 g/mol. The van der Waals surface area contributed by atoms with Gasteiger partial charge in [0.2, 0.25) is 0 Å². The predicted octanol–water partition coefficient (Wildman–Crippen LogP) is 0.0426. The molecule has 0 aliphatic carbocycles. The molecule has 4 heteroatoms. The van der Waals surface area contributed by atoms with E-state index in [2.05, 4.69) is 44.8 Å². The van der Waals surface area contributed by atoms with Crippen LogP contribution in [0.15, 0.2) is 0 Å². The molecule has 1 aliphatic heterocycles. The first-order valence-corrected chi connectivity index (χ1v) is 9.00. The maximum atomic E-state index is 12.6. The number of nitrogens with zero attached hydrogens (tertiary/aromatic N) is 1. The molecule has 0 radical (unpaired) electrons. The minimum Gasteiger partial charge on any atom is -0.336 e. The highest BCUT2D eigenvalue weighted by Crippen LogP contribution is 2.22. The Bertz CT molecular complexity index is 294. The van der Waals surface area contributed by atoms with Crippen LogP contribution in [0.1, 0.15) is 60.3 Å². The summed E-state index contributed by atoms with van der Waals surface area (Å²) in [6, 6.07) is 0.897. The summed E-state index contributed by atoms with van der Waals surface area (Å²) in [6.45, 7) is 15.6. The fourth-order valence-electron chi connectivity index (χ4n) is 3.52. The summed E-state index contributed by atoms with van der Waals surface area (Å²) in [5.41, 5.74) is 0. The van der Waals surface area contributed by atoms with Crippen molar-refractivity contribution < 1.29 is 15.0 Å². The molecule has 1 heterocycles. The van der Waals surface area contributed by atoms with E-state index in [0.717, 1.165) is 19.4 Å². The van der Waals surface area contributed by atoms with Crippen molar-refractivity contribution >= 4 is 5.91 Å². The van der Waals surface area contributed by atoms with Gasteiger partial charge in [-0.2, -0.15) is 0 Å². The maximum Gasteiger partial charge on any atom is 0.280 e. The number of carbonyl (C=O) groups is 1. The fourth-order valence-corrected chi connectivity index (χ4v) is 3.52. The minimum atomic E-state index is 0.0692. The van der Waals surface area contributed by atoms with Crippen molar-refractivity contribution in [2.24, 2.45) is 0 Å². The first-order valence-electron chi connectivity index (χ1n) is 9.00. The molecule has 1 saturated heterocycles. The van der Waals surface area contributed by atoms with Crippen molar-refractivity contribution in [2.75, 3.05) is 26.2 Å². The van der Waals surface area contributed by atoms with E-state index in [1.807, 2.05) is 0 Å². The molecule has 1 fully saturated rings. The summed E-state index contributed by atoms with van der Waals surface area (Å²) >= 11 is 0. The van der Waals surface area contributed by atoms with Crippen molar-refractivity contribution in [2.45, 2.75) is 78.4 Å². The molecule has 0 aromatic rings. The van der Waals surface area contributed by atoms with Gasteiger partial charge < -0.3 is 15.1 Å². The molecule has 3 atom stereocenters. The van der Waals surface area contributed by atoms with Gasteiger partial charge in [-0.3, -0.25) is 4.79 Å². The van der Waals surface area contributed by atoms with Crippen molar-refractivity contribution in [3.8, 4) is 0 Å². The van der Waals surface area contributed by atoms with Crippen LogP contribution < -0.4 is 10.2 Å². The van der Waals surface area contributed by atoms with Crippen LogP contribution in [-0.4, -0.2) is 55.1 Å². The zero-order valence-electron chi connectivity index (χ0n) is 14.8. The molecule has 1 amide bonds. The Morgan fingerprint density at radius 2 is 1.81 bits per heavy atom. The number of nitrogens with two attached hydrogens (primary N) is 1. The molecule has 0 saturated carbocycles. The van der Waals surface area contributed by atoms with Gasteiger partial charge in [0.05, 0.1) is 26.2 Å². The van der Waals surface area contributed by atoms with E-state index in [0.29, 0.717) is 18.0 Å². The molecule has 0 bridgehead atoms. The van der Waals surface area contributed by atoms with Crippen molar-refractivity contribution in [3.63, 3.8) is 0 Å². The standard InChI is InChI=1S/C17H35N3O/c1-6-19(7-2)13-9-12-18-16(5)17(21)20-14(3)10-8-11-15(20)4/h14-16,18H,6-13H2,1-5H3/p+2/t14-,15+,16-/m1/s1. The summed E-state index contributed by atoms with van der Waals surface area (Å²) in [6.07, 6.45) is 4.78. The van der Waals surface area contributed by atoms with Crippen molar-refractivity contribution in [3.05, 3.63) is 0 Å². The monoisotopic (exact) mass is 299 g/mol. The van der Waals surface area contributed by atoms with Crippen LogP contribution in [0.2, 0.25) is 0 Å². The number of hydrogen-bond acceptors (Lipinski definition) is 1. The summed E-state index contributed by atoms with van der Waals surface area (Å²) in [5, 5.41) is 2.24. The molecule has 0 unspecified atom stereocenters. The Balaban J connectivity index is 2.33. The highest BCUT2D eigenvalue weighted by molar-refractivity contribution is 5.80. The van der Waals surface area contributed by atoms with Crippen LogP contribution in [0.3, 0.4) is 0 Å². The third kappa shape index (κ3) is 5.59. The van der Waals surface area contributed by atoms with Crippen LogP contribution >= 0.6 is 0 Å². The fraction of sp³-hybridized carbons (Fsp3) is 0.941. The molecule has 0 aromatic carbocycles. The number of rotatable bonds is 8. The van der Waals surface area contributed by atoms with Gasteiger partial charge in [-0.15, -0.1) is 0 Å². The topological polar surface area (TPSA) is 41.4 Å². The number of amides is 1. The van der Waals surface area contributed by atoms with E-state index in [9.17, 15) is 4.79 Å². The van der Waals surface area contributed by atoms with Gasteiger partial charge >= 0.3 is 0 Å². The van der Waals surface area contributed by atoms with Crippen molar-refractivity contribution in [1.29, 1.82) is 0 Å². The Morgan fingerprint density at radius 1 is 1.24 bits per heavy atom. The van der Waals surface area contributed by atoms with Gasteiger partial charge in [-0.1, -0.05) is 0 Å². The smallest absolute Gasteiger partial charge is 0.280 e. The minimum absolute atomic E-state index is 0.0692. The molecule has 0 aromatic heterocycles. The Hall–Kier alpha value is -0.610.